The van der Waals surface area contributed by atoms with Crippen molar-refractivity contribution in [1.82, 2.24) is 0 Å². The number of hydrogen-bond acceptors (Lipinski definition) is 2. The molecular formula is C9H17NS. The monoisotopic (exact) mass is 171 g/mol. The van der Waals surface area contributed by atoms with Crippen LogP contribution in [0.25, 0.3) is 0 Å². The lowest BCUT2D eigenvalue weighted by atomic mass is 9.97. The zero-order valence-corrected chi connectivity index (χ0v) is 8.83. The van der Waals surface area contributed by atoms with Crippen LogP contribution in [0, 0.1) is 5.41 Å². The van der Waals surface area contributed by atoms with Gasteiger partial charge in [-0.05, 0) is 19.3 Å². The highest BCUT2D eigenvalue weighted by atomic mass is 32.2. The summed E-state index contributed by atoms with van der Waals surface area (Å²) in [6, 6.07) is 0. The summed E-state index contributed by atoms with van der Waals surface area (Å²) in [4.78, 5) is 4.62. The van der Waals surface area contributed by atoms with Crippen molar-refractivity contribution in [2.24, 2.45) is 10.4 Å². The normalized spacial score (nSPS) is 32.3. The zero-order chi connectivity index (χ0) is 8.65. The minimum absolute atomic E-state index is 0.316. The highest BCUT2D eigenvalue weighted by molar-refractivity contribution is 8.01. The van der Waals surface area contributed by atoms with Gasteiger partial charge in [-0.15, -0.1) is 11.8 Å². The predicted molar refractivity (Wildman–Crippen MR) is 53.4 cm³/mol. The number of thioether (sulfide) groups is 1. The van der Waals surface area contributed by atoms with Gasteiger partial charge in [0.2, 0.25) is 0 Å². The summed E-state index contributed by atoms with van der Waals surface area (Å²) in [5.74, 6) is 0. The van der Waals surface area contributed by atoms with Gasteiger partial charge in [-0.1, -0.05) is 20.8 Å². The molecule has 2 unspecified atom stereocenters. The van der Waals surface area contributed by atoms with Gasteiger partial charge in [0.15, 0.2) is 0 Å². The van der Waals surface area contributed by atoms with Gasteiger partial charge in [0, 0.05) is 11.0 Å². The first-order valence-electron chi connectivity index (χ1n) is 4.11. The standard InChI is InChI=1S/C9H17NS/c1-6-7(2)11-8(10-6)9(3,4)5/h7-8H,1-5H3. The first-order valence-corrected chi connectivity index (χ1v) is 5.05. The molecule has 0 N–H and O–H groups in total. The van der Waals surface area contributed by atoms with E-state index < -0.39 is 0 Å². The molecule has 2 atom stereocenters. The molecule has 0 aromatic rings. The lowest BCUT2D eigenvalue weighted by Crippen LogP contribution is -2.19. The highest BCUT2D eigenvalue weighted by Gasteiger charge is 2.31. The Morgan fingerprint density at radius 3 is 2.09 bits per heavy atom. The summed E-state index contributed by atoms with van der Waals surface area (Å²) >= 11 is 1.98. The van der Waals surface area contributed by atoms with E-state index >= 15 is 0 Å². The Hall–Kier alpha value is 0.0200. The predicted octanol–water partition coefficient (Wildman–Crippen LogP) is 2.95. The molecule has 0 amide bonds. The van der Waals surface area contributed by atoms with E-state index in [9.17, 15) is 0 Å². The second kappa shape index (κ2) is 2.81. The van der Waals surface area contributed by atoms with Crippen molar-refractivity contribution >= 4 is 17.5 Å². The van der Waals surface area contributed by atoms with Crippen LogP contribution >= 0.6 is 11.8 Å². The number of hydrogen-bond donors (Lipinski definition) is 0. The second-order valence-corrected chi connectivity index (χ2v) is 5.69. The van der Waals surface area contributed by atoms with Crippen molar-refractivity contribution in [2.75, 3.05) is 0 Å². The molecule has 11 heavy (non-hydrogen) atoms. The first kappa shape index (κ1) is 9.11. The van der Waals surface area contributed by atoms with Crippen molar-refractivity contribution in [3.05, 3.63) is 0 Å². The zero-order valence-electron chi connectivity index (χ0n) is 8.01. The number of aliphatic imine (C=N–C) groups is 1. The largest absolute Gasteiger partial charge is 0.279 e. The van der Waals surface area contributed by atoms with E-state index in [2.05, 4.69) is 39.6 Å². The third-order valence-electron chi connectivity index (χ3n) is 1.98. The molecule has 0 radical (unpaired) electrons. The van der Waals surface area contributed by atoms with Crippen molar-refractivity contribution < 1.29 is 0 Å². The van der Waals surface area contributed by atoms with Gasteiger partial charge < -0.3 is 0 Å². The minimum Gasteiger partial charge on any atom is -0.279 e. The Kier molecular flexibility index (Phi) is 2.33. The van der Waals surface area contributed by atoms with Crippen LogP contribution in [0.15, 0.2) is 4.99 Å². The Balaban J connectivity index is 2.68. The van der Waals surface area contributed by atoms with Crippen LogP contribution < -0.4 is 0 Å². The molecule has 1 heterocycles. The fourth-order valence-corrected chi connectivity index (χ4v) is 2.29. The van der Waals surface area contributed by atoms with E-state index in [1.54, 1.807) is 0 Å². The van der Waals surface area contributed by atoms with Gasteiger partial charge in [-0.25, -0.2) is 0 Å². The molecule has 0 aliphatic carbocycles. The van der Waals surface area contributed by atoms with Gasteiger partial charge in [-0.2, -0.15) is 0 Å². The van der Waals surface area contributed by atoms with Crippen LogP contribution in [0.1, 0.15) is 34.6 Å². The summed E-state index contributed by atoms with van der Waals surface area (Å²) in [5.41, 5.74) is 1.62. The molecule has 0 fully saturated rings. The smallest absolute Gasteiger partial charge is 0.100 e. The van der Waals surface area contributed by atoms with Crippen LogP contribution in [-0.4, -0.2) is 16.3 Å². The topological polar surface area (TPSA) is 12.4 Å². The van der Waals surface area contributed by atoms with Crippen molar-refractivity contribution in [2.45, 2.75) is 45.2 Å². The molecule has 0 bridgehead atoms. The molecule has 0 aromatic heterocycles. The Bertz CT molecular complexity index is 178. The molecule has 0 saturated heterocycles. The quantitative estimate of drug-likeness (QED) is 0.546. The molecule has 1 aliphatic rings. The van der Waals surface area contributed by atoms with Crippen LogP contribution in [-0.2, 0) is 0 Å². The maximum absolute atomic E-state index is 4.62. The molecule has 0 saturated carbocycles. The van der Waals surface area contributed by atoms with Gasteiger partial charge in [0.25, 0.3) is 0 Å². The first-order chi connectivity index (χ1) is 4.91. The van der Waals surface area contributed by atoms with Crippen molar-refractivity contribution in [3.8, 4) is 0 Å². The molecule has 0 aromatic carbocycles. The van der Waals surface area contributed by atoms with E-state index in [0.29, 0.717) is 16.0 Å². The van der Waals surface area contributed by atoms with E-state index in [-0.39, 0.29) is 0 Å². The lowest BCUT2D eigenvalue weighted by molar-refractivity contribution is 0.404. The van der Waals surface area contributed by atoms with Gasteiger partial charge in [-0.3, -0.25) is 4.99 Å². The van der Waals surface area contributed by atoms with Gasteiger partial charge >= 0.3 is 0 Å². The van der Waals surface area contributed by atoms with E-state index in [1.165, 1.54) is 5.71 Å². The van der Waals surface area contributed by atoms with Gasteiger partial charge in [0.05, 0.1) is 0 Å². The summed E-state index contributed by atoms with van der Waals surface area (Å²) in [6.07, 6.45) is 0. The van der Waals surface area contributed by atoms with Crippen LogP contribution in [0.5, 0.6) is 0 Å². The molecule has 2 heteroatoms. The summed E-state index contributed by atoms with van der Waals surface area (Å²) in [6.45, 7) is 11.1. The van der Waals surface area contributed by atoms with E-state index in [1.807, 2.05) is 11.8 Å². The van der Waals surface area contributed by atoms with Crippen LogP contribution in [0.2, 0.25) is 0 Å². The number of rotatable bonds is 0. The maximum Gasteiger partial charge on any atom is 0.100 e. The fraction of sp³-hybridized carbons (Fsp3) is 0.889. The van der Waals surface area contributed by atoms with Crippen LogP contribution in [0.4, 0.5) is 0 Å². The molecular weight excluding hydrogens is 154 g/mol. The SMILES string of the molecule is CC1=NC(C(C)(C)C)SC1C. The second-order valence-electron chi connectivity index (χ2n) is 4.27. The Morgan fingerprint density at radius 2 is 1.91 bits per heavy atom. The minimum atomic E-state index is 0.316. The molecule has 64 valence electrons. The molecule has 0 spiro atoms. The summed E-state index contributed by atoms with van der Waals surface area (Å²) < 4.78 is 0. The van der Waals surface area contributed by atoms with Crippen molar-refractivity contribution in [3.63, 3.8) is 0 Å². The molecule has 1 nitrogen and oxygen atoms in total. The Morgan fingerprint density at radius 1 is 1.36 bits per heavy atom. The maximum atomic E-state index is 4.62. The van der Waals surface area contributed by atoms with E-state index in [0.717, 1.165) is 0 Å². The summed E-state index contributed by atoms with van der Waals surface area (Å²) in [7, 11) is 0. The van der Waals surface area contributed by atoms with Crippen LogP contribution in [0.3, 0.4) is 0 Å². The molecule has 1 rings (SSSR count). The lowest BCUT2D eigenvalue weighted by Gasteiger charge is -2.23. The van der Waals surface area contributed by atoms with E-state index in [4.69, 9.17) is 0 Å². The summed E-state index contributed by atoms with van der Waals surface area (Å²) in [5, 5.41) is 1.09. The number of nitrogens with zero attached hydrogens (tertiary/aromatic N) is 1. The highest BCUT2D eigenvalue weighted by Crippen LogP contribution is 2.38. The van der Waals surface area contributed by atoms with Crippen molar-refractivity contribution in [1.29, 1.82) is 0 Å². The van der Waals surface area contributed by atoms with Gasteiger partial charge in [0.1, 0.15) is 5.37 Å². The average Bonchev–Trinajstić information content (AvgIpc) is 2.11. The third-order valence-corrected chi connectivity index (χ3v) is 3.80. The Labute approximate surface area is 73.7 Å². The molecule has 1 aliphatic heterocycles. The fourth-order valence-electron chi connectivity index (χ4n) is 1.01. The third kappa shape index (κ3) is 1.98. The average molecular weight is 171 g/mol.